The molecule has 0 aromatic heterocycles. The largest absolute Gasteiger partial charge is 0.310 e. The Labute approximate surface area is 102 Å². The zero-order valence-electron chi connectivity index (χ0n) is 9.89. The second kappa shape index (κ2) is 4.23. The Morgan fingerprint density at radius 3 is 1.53 bits per heavy atom. The molecule has 0 atom stereocenters. The van der Waals surface area contributed by atoms with Gasteiger partial charge in [0.2, 0.25) is 0 Å². The van der Waals surface area contributed by atoms with Gasteiger partial charge in [0.25, 0.3) is 0 Å². The highest BCUT2D eigenvalue weighted by molar-refractivity contribution is 5.37. The Hall–Kier alpha value is -1.20. The maximum atomic E-state index is 5.79. The second-order valence-corrected chi connectivity index (χ2v) is 5.03. The maximum Gasteiger partial charge on any atom is 0.0867 e. The maximum absolute atomic E-state index is 5.79. The predicted octanol–water partition coefficient (Wildman–Crippen LogP) is 0.376. The normalized spacial score (nSPS) is 25.4. The van der Waals surface area contributed by atoms with Crippen molar-refractivity contribution in [3.8, 4) is 0 Å². The topological polar surface area (TPSA) is 104 Å². The van der Waals surface area contributed by atoms with Gasteiger partial charge in [-0.25, -0.2) is 0 Å². The standard InChI is InChI=1S/C13H20N4/c14-12(15)5-1-10(2-6-12)9-11-3-7-13(16,17)8-4-11/h1-5,7H,6,8-9,14-17H2. The van der Waals surface area contributed by atoms with E-state index in [-0.39, 0.29) is 0 Å². The van der Waals surface area contributed by atoms with E-state index < -0.39 is 11.3 Å². The van der Waals surface area contributed by atoms with Crippen LogP contribution in [0.25, 0.3) is 0 Å². The monoisotopic (exact) mass is 232 g/mol. The summed E-state index contributed by atoms with van der Waals surface area (Å²) >= 11 is 0. The van der Waals surface area contributed by atoms with Crippen molar-refractivity contribution in [3.63, 3.8) is 0 Å². The van der Waals surface area contributed by atoms with Gasteiger partial charge in [0.05, 0.1) is 11.3 Å². The summed E-state index contributed by atoms with van der Waals surface area (Å²) in [4.78, 5) is 0. The fourth-order valence-electron chi connectivity index (χ4n) is 1.91. The van der Waals surface area contributed by atoms with Crippen LogP contribution < -0.4 is 22.9 Å². The van der Waals surface area contributed by atoms with Crippen molar-refractivity contribution in [2.75, 3.05) is 0 Å². The fourth-order valence-corrected chi connectivity index (χ4v) is 1.91. The molecule has 0 heterocycles. The van der Waals surface area contributed by atoms with Crippen LogP contribution in [0, 0.1) is 0 Å². The first-order valence-electron chi connectivity index (χ1n) is 5.78. The van der Waals surface area contributed by atoms with Gasteiger partial charge in [-0.15, -0.1) is 0 Å². The summed E-state index contributed by atoms with van der Waals surface area (Å²) in [6.45, 7) is 0. The minimum Gasteiger partial charge on any atom is -0.310 e. The lowest BCUT2D eigenvalue weighted by molar-refractivity contribution is 0.550. The summed E-state index contributed by atoms with van der Waals surface area (Å²) in [5.41, 5.74) is 24.3. The van der Waals surface area contributed by atoms with Gasteiger partial charge in [0, 0.05) is 12.8 Å². The first-order chi connectivity index (χ1) is 7.86. The molecule has 0 saturated carbocycles. The van der Waals surface area contributed by atoms with Crippen molar-refractivity contribution in [2.24, 2.45) is 22.9 Å². The van der Waals surface area contributed by atoms with Gasteiger partial charge in [-0.05, 0) is 29.7 Å². The van der Waals surface area contributed by atoms with Crippen molar-refractivity contribution in [1.29, 1.82) is 0 Å². The highest BCUT2D eigenvalue weighted by Gasteiger charge is 2.19. The summed E-state index contributed by atoms with van der Waals surface area (Å²) in [5, 5.41) is 0. The molecule has 4 nitrogen and oxygen atoms in total. The third-order valence-electron chi connectivity index (χ3n) is 3.06. The van der Waals surface area contributed by atoms with Crippen molar-refractivity contribution >= 4 is 0 Å². The molecule has 17 heavy (non-hydrogen) atoms. The van der Waals surface area contributed by atoms with E-state index in [4.69, 9.17) is 22.9 Å². The Kier molecular flexibility index (Phi) is 3.05. The Morgan fingerprint density at radius 2 is 1.24 bits per heavy atom. The van der Waals surface area contributed by atoms with Crippen LogP contribution in [0.5, 0.6) is 0 Å². The number of rotatable bonds is 2. The molecular formula is C13H20N4. The minimum atomic E-state index is -0.691. The van der Waals surface area contributed by atoms with E-state index in [0.717, 1.165) is 6.42 Å². The van der Waals surface area contributed by atoms with Crippen molar-refractivity contribution < 1.29 is 0 Å². The number of allylic oxidation sites excluding steroid dienone is 4. The average molecular weight is 232 g/mol. The number of hydrogen-bond donors (Lipinski definition) is 4. The lowest BCUT2D eigenvalue weighted by Crippen LogP contribution is -2.47. The second-order valence-electron chi connectivity index (χ2n) is 5.03. The van der Waals surface area contributed by atoms with Gasteiger partial charge in [0.15, 0.2) is 0 Å². The average Bonchev–Trinajstić information content (AvgIpc) is 2.24. The molecule has 2 rings (SSSR count). The molecule has 0 aromatic carbocycles. The first-order valence-corrected chi connectivity index (χ1v) is 5.78. The van der Waals surface area contributed by atoms with E-state index >= 15 is 0 Å². The molecule has 0 spiro atoms. The Balaban J connectivity index is 1.97. The summed E-state index contributed by atoms with van der Waals surface area (Å²) in [7, 11) is 0. The molecule has 0 aliphatic heterocycles. The van der Waals surface area contributed by atoms with Gasteiger partial charge < -0.3 is 22.9 Å². The van der Waals surface area contributed by atoms with Crippen molar-refractivity contribution in [1.82, 2.24) is 0 Å². The Bertz CT molecular complexity index is 385. The van der Waals surface area contributed by atoms with Crippen LogP contribution in [0.1, 0.15) is 19.3 Å². The summed E-state index contributed by atoms with van der Waals surface area (Å²) in [5.74, 6) is 0. The predicted molar refractivity (Wildman–Crippen MR) is 70.5 cm³/mol. The molecule has 4 heteroatoms. The van der Waals surface area contributed by atoms with Gasteiger partial charge in [0.1, 0.15) is 0 Å². The highest BCUT2D eigenvalue weighted by Crippen LogP contribution is 2.24. The minimum absolute atomic E-state index is 0.674. The smallest absolute Gasteiger partial charge is 0.0867 e. The molecule has 0 bridgehead atoms. The first kappa shape index (κ1) is 12.3. The van der Waals surface area contributed by atoms with E-state index in [1.54, 1.807) is 0 Å². The van der Waals surface area contributed by atoms with Crippen LogP contribution in [0.15, 0.2) is 47.6 Å². The zero-order valence-corrected chi connectivity index (χ0v) is 9.89. The summed E-state index contributed by atoms with van der Waals surface area (Å²) in [6.07, 6.45) is 14.1. The molecule has 92 valence electrons. The molecule has 0 unspecified atom stereocenters. The van der Waals surface area contributed by atoms with Crippen molar-refractivity contribution in [3.05, 3.63) is 47.6 Å². The van der Waals surface area contributed by atoms with E-state index in [1.807, 2.05) is 24.3 Å². The van der Waals surface area contributed by atoms with E-state index in [2.05, 4.69) is 12.2 Å². The molecule has 0 saturated heterocycles. The van der Waals surface area contributed by atoms with Crippen LogP contribution in [0.3, 0.4) is 0 Å². The quantitative estimate of drug-likeness (QED) is 0.516. The van der Waals surface area contributed by atoms with Crippen LogP contribution in [-0.2, 0) is 0 Å². The number of nitrogens with two attached hydrogens (primary N) is 4. The fraction of sp³-hybridized carbons (Fsp3) is 0.385. The third kappa shape index (κ3) is 3.38. The van der Waals surface area contributed by atoms with Crippen LogP contribution in [0.4, 0.5) is 0 Å². The Morgan fingerprint density at radius 1 is 0.824 bits per heavy atom. The van der Waals surface area contributed by atoms with E-state index in [0.29, 0.717) is 12.8 Å². The number of hydrogen-bond acceptors (Lipinski definition) is 4. The van der Waals surface area contributed by atoms with Gasteiger partial charge >= 0.3 is 0 Å². The van der Waals surface area contributed by atoms with Crippen molar-refractivity contribution in [2.45, 2.75) is 30.6 Å². The lowest BCUT2D eigenvalue weighted by Gasteiger charge is -2.25. The molecule has 2 aliphatic carbocycles. The van der Waals surface area contributed by atoms with Gasteiger partial charge in [-0.3, -0.25) is 0 Å². The third-order valence-corrected chi connectivity index (χ3v) is 3.06. The highest BCUT2D eigenvalue weighted by atomic mass is 14.9. The van der Waals surface area contributed by atoms with Gasteiger partial charge in [-0.2, -0.15) is 0 Å². The van der Waals surface area contributed by atoms with Crippen LogP contribution in [-0.4, -0.2) is 11.3 Å². The molecule has 0 amide bonds. The van der Waals surface area contributed by atoms with Crippen LogP contribution in [0.2, 0.25) is 0 Å². The van der Waals surface area contributed by atoms with E-state index in [1.165, 1.54) is 11.1 Å². The summed E-state index contributed by atoms with van der Waals surface area (Å²) < 4.78 is 0. The summed E-state index contributed by atoms with van der Waals surface area (Å²) in [6, 6.07) is 0. The molecule has 0 aromatic rings. The molecule has 8 N–H and O–H groups in total. The molecule has 0 fully saturated rings. The SMILES string of the molecule is NC1(N)C=CC(CC2=CCC(N)(N)C=C2)=CC1. The lowest BCUT2D eigenvalue weighted by atomic mass is 9.91. The van der Waals surface area contributed by atoms with Gasteiger partial charge in [-0.1, -0.05) is 24.3 Å². The molecular weight excluding hydrogens is 212 g/mol. The van der Waals surface area contributed by atoms with Crippen LogP contribution >= 0.6 is 0 Å². The zero-order chi connectivity index (χ0) is 12.5. The van der Waals surface area contributed by atoms with E-state index in [9.17, 15) is 0 Å². The molecule has 0 radical (unpaired) electrons. The molecule has 2 aliphatic rings.